The van der Waals surface area contributed by atoms with Crippen LogP contribution in [-0.2, 0) is 25.8 Å². The van der Waals surface area contributed by atoms with Gasteiger partial charge in [-0.1, -0.05) is 19.1 Å². The number of hydrogen-bond donors (Lipinski definition) is 1. The summed E-state index contributed by atoms with van der Waals surface area (Å²) >= 11 is 0. The Morgan fingerprint density at radius 2 is 1.69 bits per heavy atom. The Morgan fingerprint density at radius 1 is 0.931 bits per heavy atom. The number of benzene rings is 2. The van der Waals surface area contributed by atoms with Crippen LogP contribution < -0.4 is 5.32 Å². The minimum Gasteiger partial charge on any atom is -0.381 e. The number of pyridine rings is 1. The third kappa shape index (κ3) is 5.00. The molecule has 3 rings (SSSR count). The molecule has 4 heteroatoms. The molecule has 29 heavy (non-hydrogen) atoms. The van der Waals surface area contributed by atoms with Gasteiger partial charge in [-0.05, 0) is 84.8 Å². The smallest absolute Gasteiger partial charge is 0.0991 e. The van der Waals surface area contributed by atoms with Crippen molar-refractivity contribution in [2.24, 2.45) is 0 Å². The molecule has 0 aliphatic heterocycles. The van der Waals surface area contributed by atoms with Crippen LogP contribution in [0.5, 0.6) is 0 Å². The van der Waals surface area contributed by atoms with E-state index in [-0.39, 0.29) is 0 Å². The van der Waals surface area contributed by atoms with Gasteiger partial charge in [0, 0.05) is 24.1 Å². The van der Waals surface area contributed by atoms with Gasteiger partial charge in [-0.2, -0.15) is 10.5 Å². The van der Waals surface area contributed by atoms with Crippen molar-refractivity contribution in [2.75, 3.05) is 5.32 Å². The van der Waals surface area contributed by atoms with Crippen molar-refractivity contribution < 1.29 is 0 Å². The first kappa shape index (κ1) is 20.1. The number of hydrogen-bond acceptors (Lipinski definition) is 4. The molecule has 0 aliphatic carbocycles. The second-order valence-corrected chi connectivity index (χ2v) is 7.03. The minimum absolute atomic E-state index is 0.657. The van der Waals surface area contributed by atoms with E-state index in [0.717, 1.165) is 30.6 Å². The van der Waals surface area contributed by atoms with E-state index in [0.29, 0.717) is 17.7 Å². The van der Waals surface area contributed by atoms with Crippen molar-refractivity contribution in [3.63, 3.8) is 0 Å². The molecule has 0 atom stereocenters. The van der Waals surface area contributed by atoms with Gasteiger partial charge in [0.2, 0.25) is 0 Å². The molecular formula is C25H24N4. The lowest BCUT2D eigenvalue weighted by Crippen LogP contribution is -2.09. The second kappa shape index (κ2) is 9.53. The van der Waals surface area contributed by atoms with E-state index in [1.165, 1.54) is 22.3 Å². The zero-order valence-corrected chi connectivity index (χ0v) is 16.9. The molecule has 0 saturated heterocycles. The van der Waals surface area contributed by atoms with Crippen LogP contribution in [0.2, 0.25) is 0 Å². The van der Waals surface area contributed by atoms with Gasteiger partial charge in [0.15, 0.2) is 0 Å². The quantitative estimate of drug-likeness (QED) is 0.619. The molecule has 1 N–H and O–H groups in total. The summed E-state index contributed by atoms with van der Waals surface area (Å²) in [5.74, 6) is 0. The van der Waals surface area contributed by atoms with Crippen molar-refractivity contribution in [1.82, 2.24) is 4.98 Å². The van der Waals surface area contributed by atoms with Gasteiger partial charge < -0.3 is 5.32 Å². The molecule has 3 aromatic rings. The predicted octanol–water partition coefficient (Wildman–Crippen LogP) is 5.09. The van der Waals surface area contributed by atoms with E-state index >= 15 is 0 Å². The van der Waals surface area contributed by atoms with Gasteiger partial charge >= 0.3 is 0 Å². The first-order valence-electron chi connectivity index (χ1n) is 9.84. The molecule has 0 spiro atoms. The summed E-state index contributed by atoms with van der Waals surface area (Å²) in [4.78, 5) is 4.64. The fraction of sp³-hybridized carbons (Fsp3) is 0.240. The molecule has 0 radical (unpaired) electrons. The molecule has 144 valence electrons. The normalized spacial score (nSPS) is 10.2. The summed E-state index contributed by atoms with van der Waals surface area (Å²) in [6, 6.07) is 19.6. The highest BCUT2D eigenvalue weighted by atomic mass is 14.9. The third-order valence-electron chi connectivity index (χ3n) is 5.17. The van der Waals surface area contributed by atoms with Crippen LogP contribution >= 0.6 is 0 Å². The maximum atomic E-state index is 9.11. The summed E-state index contributed by atoms with van der Waals surface area (Å²) in [5, 5.41) is 21.5. The standard InChI is InChI=1S/C25H24N4/c1-3-24-22(17-29-23-10-7-20(14-26)8-11-23)16-28-18(2)25(24)12-9-19-5-4-6-21(13-19)15-27/h4-8,10-11,13,16,29H,3,9,12,17H2,1-2H3. The Hall–Kier alpha value is -3.63. The Labute approximate surface area is 172 Å². The van der Waals surface area contributed by atoms with Gasteiger partial charge in [-0.3, -0.25) is 4.98 Å². The average Bonchev–Trinajstić information content (AvgIpc) is 2.77. The van der Waals surface area contributed by atoms with Crippen LogP contribution in [0.25, 0.3) is 0 Å². The molecule has 4 nitrogen and oxygen atoms in total. The molecule has 0 fully saturated rings. The Morgan fingerprint density at radius 3 is 2.38 bits per heavy atom. The van der Waals surface area contributed by atoms with Crippen molar-refractivity contribution in [1.29, 1.82) is 10.5 Å². The van der Waals surface area contributed by atoms with Crippen molar-refractivity contribution in [3.05, 3.63) is 93.8 Å². The van der Waals surface area contributed by atoms with E-state index in [1.54, 1.807) is 0 Å². The van der Waals surface area contributed by atoms with Gasteiger partial charge in [-0.15, -0.1) is 0 Å². The molecule has 1 aromatic heterocycles. The van der Waals surface area contributed by atoms with Crippen LogP contribution in [0.3, 0.4) is 0 Å². The SMILES string of the molecule is CCc1c(CNc2ccc(C#N)cc2)cnc(C)c1CCc1cccc(C#N)c1. The lowest BCUT2D eigenvalue weighted by molar-refractivity contribution is 0.879. The summed E-state index contributed by atoms with van der Waals surface area (Å²) < 4.78 is 0. The molecule has 1 heterocycles. The van der Waals surface area contributed by atoms with Gasteiger partial charge in [0.05, 0.1) is 23.3 Å². The second-order valence-electron chi connectivity index (χ2n) is 7.03. The van der Waals surface area contributed by atoms with E-state index < -0.39 is 0 Å². The monoisotopic (exact) mass is 380 g/mol. The van der Waals surface area contributed by atoms with Crippen LogP contribution in [-0.4, -0.2) is 4.98 Å². The molecule has 0 amide bonds. The maximum absolute atomic E-state index is 9.11. The maximum Gasteiger partial charge on any atom is 0.0991 e. The fourth-order valence-corrected chi connectivity index (χ4v) is 3.59. The van der Waals surface area contributed by atoms with Gasteiger partial charge in [-0.25, -0.2) is 0 Å². The van der Waals surface area contributed by atoms with Crippen molar-refractivity contribution in [3.8, 4) is 12.1 Å². The number of nitrogens with one attached hydrogen (secondary N) is 1. The third-order valence-corrected chi connectivity index (χ3v) is 5.17. The van der Waals surface area contributed by atoms with Crippen LogP contribution in [0.1, 0.15) is 46.0 Å². The van der Waals surface area contributed by atoms with E-state index in [2.05, 4.69) is 42.4 Å². The van der Waals surface area contributed by atoms with Crippen molar-refractivity contribution in [2.45, 2.75) is 39.7 Å². The summed E-state index contributed by atoms with van der Waals surface area (Å²) in [6.07, 6.45) is 4.70. The number of rotatable bonds is 7. The first-order valence-corrected chi connectivity index (χ1v) is 9.84. The van der Waals surface area contributed by atoms with Gasteiger partial charge in [0.1, 0.15) is 0 Å². The number of nitriles is 2. The number of aryl methyl sites for hydroxylation is 2. The van der Waals surface area contributed by atoms with Crippen LogP contribution in [0.15, 0.2) is 54.7 Å². The first-order chi connectivity index (χ1) is 14.1. The molecular weight excluding hydrogens is 356 g/mol. The fourth-order valence-electron chi connectivity index (χ4n) is 3.59. The lowest BCUT2D eigenvalue weighted by atomic mass is 9.94. The largest absolute Gasteiger partial charge is 0.381 e. The highest BCUT2D eigenvalue weighted by molar-refractivity contribution is 5.48. The Bertz CT molecular complexity index is 1070. The zero-order valence-electron chi connectivity index (χ0n) is 16.9. The molecule has 0 saturated carbocycles. The molecule has 0 bridgehead atoms. The minimum atomic E-state index is 0.657. The summed E-state index contributed by atoms with van der Waals surface area (Å²) in [6.45, 7) is 4.94. The lowest BCUT2D eigenvalue weighted by Gasteiger charge is -2.17. The topological polar surface area (TPSA) is 72.5 Å². The van der Waals surface area contributed by atoms with E-state index in [1.807, 2.05) is 48.7 Å². The number of nitrogens with zero attached hydrogens (tertiary/aromatic N) is 3. The molecule has 2 aromatic carbocycles. The number of aromatic nitrogens is 1. The zero-order chi connectivity index (χ0) is 20.6. The summed E-state index contributed by atoms with van der Waals surface area (Å²) in [5.41, 5.74) is 8.43. The van der Waals surface area contributed by atoms with Crippen LogP contribution in [0, 0.1) is 29.6 Å². The number of anilines is 1. The predicted molar refractivity (Wildman–Crippen MR) is 115 cm³/mol. The molecule has 0 unspecified atom stereocenters. The highest BCUT2D eigenvalue weighted by Gasteiger charge is 2.12. The van der Waals surface area contributed by atoms with E-state index in [9.17, 15) is 0 Å². The average molecular weight is 380 g/mol. The Balaban J connectivity index is 1.77. The summed E-state index contributed by atoms with van der Waals surface area (Å²) in [7, 11) is 0. The highest BCUT2D eigenvalue weighted by Crippen LogP contribution is 2.22. The molecule has 0 aliphatic rings. The van der Waals surface area contributed by atoms with E-state index in [4.69, 9.17) is 10.5 Å². The van der Waals surface area contributed by atoms with Gasteiger partial charge in [0.25, 0.3) is 0 Å². The Kier molecular flexibility index (Phi) is 6.61. The van der Waals surface area contributed by atoms with Crippen molar-refractivity contribution >= 4 is 5.69 Å². The van der Waals surface area contributed by atoms with Crippen LogP contribution in [0.4, 0.5) is 5.69 Å².